The number of ether oxygens (including phenoxy) is 1. The zero-order chi connectivity index (χ0) is 15.4. The Bertz CT molecular complexity index is 468. The lowest BCUT2D eigenvalue weighted by Crippen LogP contribution is -2.50. The van der Waals surface area contributed by atoms with Crippen LogP contribution >= 0.6 is 23.2 Å². The Morgan fingerprint density at radius 2 is 2.14 bits per heavy atom. The van der Waals surface area contributed by atoms with Crippen LogP contribution in [-0.4, -0.2) is 43.3 Å². The third kappa shape index (κ3) is 4.11. The number of rotatable bonds is 5. The zero-order valence-electron chi connectivity index (χ0n) is 12.9. The summed E-state index contributed by atoms with van der Waals surface area (Å²) in [6, 6.07) is 6.37. The van der Waals surface area contributed by atoms with Crippen LogP contribution < -0.4 is 5.32 Å². The van der Waals surface area contributed by atoms with Gasteiger partial charge in [-0.3, -0.25) is 4.90 Å². The van der Waals surface area contributed by atoms with Gasteiger partial charge in [-0.05, 0) is 32.0 Å². The summed E-state index contributed by atoms with van der Waals surface area (Å²) in [6.07, 6.45) is 0.0806. The Balaban J connectivity index is 2.24. The van der Waals surface area contributed by atoms with Gasteiger partial charge in [0.15, 0.2) is 0 Å². The van der Waals surface area contributed by atoms with Crippen molar-refractivity contribution in [1.29, 1.82) is 0 Å². The van der Waals surface area contributed by atoms with Crippen LogP contribution in [0.1, 0.15) is 32.4 Å². The second-order valence-corrected chi connectivity index (χ2v) is 6.46. The van der Waals surface area contributed by atoms with Crippen molar-refractivity contribution in [2.24, 2.45) is 0 Å². The maximum atomic E-state index is 6.40. The van der Waals surface area contributed by atoms with E-state index >= 15 is 0 Å². The van der Waals surface area contributed by atoms with Crippen molar-refractivity contribution in [2.75, 3.05) is 26.2 Å². The van der Waals surface area contributed by atoms with Crippen molar-refractivity contribution < 1.29 is 4.74 Å². The van der Waals surface area contributed by atoms with Gasteiger partial charge < -0.3 is 10.1 Å². The molecule has 1 aliphatic heterocycles. The van der Waals surface area contributed by atoms with Gasteiger partial charge >= 0.3 is 0 Å². The molecular formula is C16H24Cl2N2O. The largest absolute Gasteiger partial charge is 0.374 e. The molecule has 0 spiro atoms. The summed E-state index contributed by atoms with van der Waals surface area (Å²) in [6.45, 7) is 10.0. The van der Waals surface area contributed by atoms with E-state index in [4.69, 9.17) is 27.9 Å². The average Bonchev–Trinajstić information content (AvgIpc) is 2.48. The quantitative estimate of drug-likeness (QED) is 0.889. The molecule has 1 saturated heterocycles. The normalized spacial score (nSPS) is 21.7. The molecule has 0 aliphatic carbocycles. The first-order valence-corrected chi connectivity index (χ1v) is 8.33. The fraction of sp³-hybridized carbons (Fsp3) is 0.625. The van der Waals surface area contributed by atoms with Crippen molar-refractivity contribution in [1.82, 2.24) is 10.2 Å². The van der Waals surface area contributed by atoms with E-state index in [1.54, 1.807) is 0 Å². The van der Waals surface area contributed by atoms with Crippen LogP contribution in [0.15, 0.2) is 18.2 Å². The van der Waals surface area contributed by atoms with E-state index < -0.39 is 0 Å². The minimum absolute atomic E-state index is 0.0581. The fourth-order valence-electron chi connectivity index (χ4n) is 2.79. The van der Waals surface area contributed by atoms with Crippen LogP contribution in [0.5, 0.6) is 0 Å². The smallest absolute Gasteiger partial charge is 0.0897 e. The predicted octanol–water partition coefficient (Wildman–Crippen LogP) is 3.75. The van der Waals surface area contributed by atoms with Crippen LogP contribution in [0.3, 0.4) is 0 Å². The first kappa shape index (κ1) is 17.0. The minimum atomic E-state index is 0.0581. The van der Waals surface area contributed by atoms with Crippen LogP contribution in [0.2, 0.25) is 10.0 Å². The minimum Gasteiger partial charge on any atom is -0.374 e. The number of benzene rings is 1. The standard InChI is InChI=1S/C16H24Cl2N2O/c1-4-19-16(12-6-5-7-13(17)15(12)18)14-10-20(11(2)3)8-9-21-14/h5-7,11,14,16,19H,4,8-10H2,1-3H3. The number of nitrogens with zero attached hydrogens (tertiary/aromatic N) is 1. The Hall–Kier alpha value is -0.320. The summed E-state index contributed by atoms with van der Waals surface area (Å²) in [7, 11) is 0. The van der Waals surface area contributed by atoms with E-state index in [9.17, 15) is 0 Å². The monoisotopic (exact) mass is 330 g/mol. The highest BCUT2D eigenvalue weighted by Gasteiger charge is 2.31. The Morgan fingerprint density at radius 1 is 1.38 bits per heavy atom. The molecule has 1 aromatic rings. The van der Waals surface area contributed by atoms with Gasteiger partial charge in [0, 0.05) is 19.1 Å². The molecule has 1 aromatic carbocycles. The van der Waals surface area contributed by atoms with Crippen molar-refractivity contribution in [3.05, 3.63) is 33.8 Å². The fourth-order valence-corrected chi connectivity index (χ4v) is 3.21. The van der Waals surface area contributed by atoms with Gasteiger partial charge in [0.05, 0.1) is 28.8 Å². The number of hydrogen-bond donors (Lipinski definition) is 1. The Labute approximate surface area is 137 Å². The van der Waals surface area contributed by atoms with Crippen molar-refractivity contribution in [2.45, 2.75) is 39.0 Å². The molecule has 0 saturated carbocycles. The van der Waals surface area contributed by atoms with Crippen LogP contribution in [0.4, 0.5) is 0 Å². The topological polar surface area (TPSA) is 24.5 Å². The lowest BCUT2D eigenvalue weighted by molar-refractivity contribution is -0.0558. The molecule has 2 atom stereocenters. The third-order valence-corrected chi connectivity index (χ3v) is 4.80. The Morgan fingerprint density at radius 3 is 2.81 bits per heavy atom. The Kier molecular flexibility index (Phi) is 6.33. The lowest BCUT2D eigenvalue weighted by atomic mass is 9.99. The van der Waals surface area contributed by atoms with E-state index in [-0.39, 0.29) is 12.1 Å². The van der Waals surface area contributed by atoms with Gasteiger partial charge in [-0.2, -0.15) is 0 Å². The van der Waals surface area contributed by atoms with Crippen molar-refractivity contribution in [3.63, 3.8) is 0 Å². The van der Waals surface area contributed by atoms with Crippen LogP contribution in [-0.2, 0) is 4.74 Å². The second kappa shape index (κ2) is 7.80. The average molecular weight is 331 g/mol. The lowest BCUT2D eigenvalue weighted by Gasteiger charge is -2.39. The van der Waals surface area contributed by atoms with Crippen molar-refractivity contribution in [3.8, 4) is 0 Å². The summed E-state index contributed by atoms with van der Waals surface area (Å²) in [5.74, 6) is 0. The number of nitrogens with one attached hydrogen (secondary N) is 1. The molecule has 2 unspecified atom stereocenters. The molecule has 2 rings (SSSR count). The maximum absolute atomic E-state index is 6.40. The highest BCUT2D eigenvalue weighted by atomic mass is 35.5. The summed E-state index contributed by atoms with van der Waals surface area (Å²) in [5, 5.41) is 4.71. The van der Waals surface area contributed by atoms with Gasteiger partial charge in [-0.15, -0.1) is 0 Å². The van der Waals surface area contributed by atoms with E-state index in [0.29, 0.717) is 16.1 Å². The van der Waals surface area contributed by atoms with E-state index in [1.165, 1.54) is 0 Å². The zero-order valence-corrected chi connectivity index (χ0v) is 14.4. The van der Waals surface area contributed by atoms with E-state index in [1.807, 2.05) is 18.2 Å². The predicted molar refractivity (Wildman–Crippen MR) is 89.3 cm³/mol. The molecule has 1 fully saturated rings. The number of morpholine rings is 1. The van der Waals surface area contributed by atoms with E-state index in [2.05, 4.69) is 31.0 Å². The van der Waals surface area contributed by atoms with Gasteiger partial charge in [-0.25, -0.2) is 0 Å². The van der Waals surface area contributed by atoms with Crippen LogP contribution in [0.25, 0.3) is 0 Å². The number of halogens is 2. The van der Waals surface area contributed by atoms with Gasteiger partial charge in [-0.1, -0.05) is 42.3 Å². The summed E-state index contributed by atoms with van der Waals surface area (Å²) < 4.78 is 6.02. The second-order valence-electron chi connectivity index (χ2n) is 5.68. The van der Waals surface area contributed by atoms with Crippen molar-refractivity contribution >= 4 is 23.2 Å². The van der Waals surface area contributed by atoms with Crippen LogP contribution in [0, 0.1) is 0 Å². The molecule has 0 radical (unpaired) electrons. The number of likely N-dealkylation sites (N-methyl/N-ethyl adjacent to an activating group) is 1. The molecular weight excluding hydrogens is 307 g/mol. The molecule has 118 valence electrons. The summed E-state index contributed by atoms with van der Waals surface area (Å²) in [4.78, 5) is 2.44. The molecule has 21 heavy (non-hydrogen) atoms. The molecule has 5 heteroatoms. The first-order chi connectivity index (χ1) is 10.0. The van der Waals surface area contributed by atoms with Gasteiger partial charge in [0.1, 0.15) is 0 Å². The molecule has 1 N–H and O–H groups in total. The summed E-state index contributed by atoms with van der Waals surface area (Å²) in [5.41, 5.74) is 1.02. The first-order valence-electron chi connectivity index (χ1n) is 7.57. The number of hydrogen-bond acceptors (Lipinski definition) is 3. The maximum Gasteiger partial charge on any atom is 0.0897 e. The SMILES string of the molecule is CCNC(c1cccc(Cl)c1Cl)C1CN(C(C)C)CCO1. The molecule has 1 heterocycles. The van der Waals surface area contributed by atoms with E-state index in [0.717, 1.165) is 31.8 Å². The highest BCUT2D eigenvalue weighted by molar-refractivity contribution is 6.42. The van der Waals surface area contributed by atoms with Gasteiger partial charge in [0.25, 0.3) is 0 Å². The van der Waals surface area contributed by atoms with Gasteiger partial charge in [0.2, 0.25) is 0 Å². The molecule has 3 nitrogen and oxygen atoms in total. The molecule has 1 aliphatic rings. The molecule has 0 amide bonds. The third-order valence-electron chi connectivity index (χ3n) is 3.97. The summed E-state index contributed by atoms with van der Waals surface area (Å²) >= 11 is 12.6. The highest BCUT2D eigenvalue weighted by Crippen LogP contribution is 2.33. The molecule has 0 bridgehead atoms. The molecule has 0 aromatic heterocycles.